The Labute approximate surface area is 119 Å². The van der Waals surface area contributed by atoms with Gasteiger partial charge in [-0.3, -0.25) is 4.79 Å². The SMILES string of the molecule is COc1cc(CC(C)NC(C)=O)ccc1OS(C)(=O)=O. The largest absolute Gasteiger partial charge is 0.493 e. The zero-order valence-electron chi connectivity index (χ0n) is 12.0. The lowest BCUT2D eigenvalue weighted by Crippen LogP contribution is -2.32. The maximum absolute atomic E-state index is 11.1. The van der Waals surface area contributed by atoms with Crippen LogP contribution in [-0.2, 0) is 21.3 Å². The average molecular weight is 301 g/mol. The van der Waals surface area contributed by atoms with Gasteiger partial charge in [-0.1, -0.05) is 6.07 Å². The third kappa shape index (κ3) is 5.48. The van der Waals surface area contributed by atoms with Crippen molar-refractivity contribution in [2.24, 2.45) is 0 Å². The minimum atomic E-state index is -3.60. The molecule has 0 aliphatic rings. The molecule has 1 N–H and O–H groups in total. The fourth-order valence-corrected chi connectivity index (χ4v) is 2.29. The lowest BCUT2D eigenvalue weighted by molar-refractivity contribution is -0.119. The number of amides is 1. The standard InChI is InChI=1S/C13H19NO5S/c1-9(14-10(2)15)7-11-5-6-12(13(8-11)18-3)19-20(4,16)17/h5-6,8-9H,7H2,1-4H3,(H,14,15). The summed E-state index contributed by atoms with van der Waals surface area (Å²) in [6.45, 7) is 3.34. The zero-order valence-corrected chi connectivity index (χ0v) is 12.8. The highest BCUT2D eigenvalue weighted by Gasteiger charge is 2.13. The summed E-state index contributed by atoms with van der Waals surface area (Å²) in [4.78, 5) is 11.0. The van der Waals surface area contributed by atoms with Crippen LogP contribution in [0.1, 0.15) is 19.4 Å². The van der Waals surface area contributed by atoms with Crippen LogP contribution in [0.25, 0.3) is 0 Å². The summed E-state index contributed by atoms with van der Waals surface area (Å²) in [5.41, 5.74) is 0.906. The van der Waals surface area contributed by atoms with Crippen LogP contribution in [0.5, 0.6) is 11.5 Å². The van der Waals surface area contributed by atoms with E-state index >= 15 is 0 Å². The molecule has 1 aromatic carbocycles. The van der Waals surface area contributed by atoms with Gasteiger partial charge in [0.2, 0.25) is 5.91 Å². The molecule has 0 saturated carbocycles. The van der Waals surface area contributed by atoms with Gasteiger partial charge in [-0.2, -0.15) is 8.42 Å². The van der Waals surface area contributed by atoms with Crippen molar-refractivity contribution in [2.45, 2.75) is 26.3 Å². The number of carbonyl (C=O) groups is 1. The number of nitrogens with one attached hydrogen (secondary N) is 1. The summed E-state index contributed by atoms with van der Waals surface area (Å²) < 4.78 is 32.2. The Balaban J connectivity index is 2.89. The molecule has 1 rings (SSSR count). The minimum absolute atomic E-state index is 0.0288. The van der Waals surface area contributed by atoms with E-state index < -0.39 is 10.1 Å². The molecule has 7 heteroatoms. The Morgan fingerprint density at radius 1 is 1.35 bits per heavy atom. The number of methoxy groups -OCH3 is 1. The van der Waals surface area contributed by atoms with Crippen LogP contribution >= 0.6 is 0 Å². The molecule has 0 spiro atoms. The molecular weight excluding hydrogens is 282 g/mol. The van der Waals surface area contributed by atoms with Crippen LogP contribution in [0.2, 0.25) is 0 Å². The first-order valence-electron chi connectivity index (χ1n) is 6.04. The van der Waals surface area contributed by atoms with Crippen molar-refractivity contribution in [3.8, 4) is 11.5 Å². The van der Waals surface area contributed by atoms with Crippen molar-refractivity contribution in [3.05, 3.63) is 23.8 Å². The summed E-state index contributed by atoms with van der Waals surface area (Å²) >= 11 is 0. The first-order valence-corrected chi connectivity index (χ1v) is 7.86. The molecular formula is C13H19NO5S. The molecule has 112 valence electrons. The van der Waals surface area contributed by atoms with Crippen LogP contribution in [0, 0.1) is 0 Å². The quantitative estimate of drug-likeness (QED) is 0.796. The molecule has 1 unspecified atom stereocenters. The van der Waals surface area contributed by atoms with Crippen molar-refractivity contribution in [1.82, 2.24) is 5.32 Å². The maximum Gasteiger partial charge on any atom is 0.306 e. The van der Waals surface area contributed by atoms with E-state index in [1.165, 1.54) is 20.1 Å². The molecule has 0 aromatic heterocycles. The van der Waals surface area contributed by atoms with E-state index in [-0.39, 0.29) is 17.7 Å². The summed E-state index contributed by atoms with van der Waals surface area (Å²) in [6.07, 6.45) is 1.58. The highest BCUT2D eigenvalue weighted by atomic mass is 32.2. The third-order valence-corrected chi connectivity index (χ3v) is 2.94. The molecule has 0 saturated heterocycles. The van der Waals surface area contributed by atoms with Gasteiger partial charge in [-0.05, 0) is 31.0 Å². The fraction of sp³-hybridized carbons (Fsp3) is 0.462. The van der Waals surface area contributed by atoms with Crippen LogP contribution in [0.4, 0.5) is 0 Å². The number of carbonyl (C=O) groups excluding carboxylic acids is 1. The monoisotopic (exact) mass is 301 g/mol. The third-order valence-electron chi connectivity index (χ3n) is 2.46. The number of benzene rings is 1. The molecule has 0 aliphatic heterocycles. The van der Waals surface area contributed by atoms with Crippen molar-refractivity contribution in [3.63, 3.8) is 0 Å². The first-order chi connectivity index (χ1) is 9.21. The summed E-state index contributed by atoms with van der Waals surface area (Å²) in [5, 5.41) is 2.77. The number of ether oxygens (including phenoxy) is 1. The van der Waals surface area contributed by atoms with Gasteiger partial charge in [0.15, 0.2) is 11.5 Å². The molecule has 1 aromatic rings. The van der Waals surface area contributed by atoms with Gasteiger partial charge in [-0.15, -0.1) is 0 Å². The second-order valence-electron chi connectivity index (χ2n) is 4.58. The van der Waals surface area contributed by atoms with Gasteiger partial charge in [0.25, 0.3) is 0 Å². The zero-order chi connectivity index (χ0) is 15.3. The van der Waals surface area contributed by atoms with E-state index in [4.69, 9.17) is 8.92 Å². The van der Waals surface area contributed by atoms with Crippen molar-refractivity contribution >= 4 is 16.0 Å². The Morgan fingerprint density at radius 3 is 2.50 bits per heavy atom. The Bertz CT molecular complexity index is 582. The van der Waals surface area contributed by atoms with Gasteiger partial charge >= 0.3 is 10.1 Å². The lowest BCUT2D eigenvalue weighted by atomic mass is 10.1. The lowest BCUT2D eigenvalue weighted by Gasteiger charge is -2.14. The second kappa shape index (κ2) is 6.60. The van der Waals surface area contributed by atoms with Gasteiger partial charge in [-0.25, -0.2) is 0 Å². The van der Waals surface area contributed by atoms with Crippen molar-refractivity contribution in [2.75, 3.05) is 13.4 Å². The topological polar surface area (TPSA) is 81.7 Å². The highest BCUT2D eigenvalue weighted by Crippen LogP contribution is 2.29. The van der Waals surface area contributed by atoms with E-state index in [2.05, 4.69) is 5.32 Å². The predicted octanol–water partition coefficient (Wildman–Crippen LogP) is 1.10. The smallest absolute Gasteiger partial charge is 0.306 e. The molecule has 1 amide bonds. The molecule has 0 aliphatic carbocycles. The molecule has 0 radical (unpaired) electrons. The predicted molar refractivity (Wildman–Crippen MR) is 75.4 cm³/mol. The number of rotatable bonds is 6. The molecule has 0 bridgehead atoms. The van der Waals surface area contributed by atoms with Crippen LogP contribution in [0.3, 0.4) is 0 Å². The van der Waals surface area contributed by atoms with E-state index in [0.29, 0.717) is 12.2 Å². The summed E-state index contributed by atoms with van der Waals surface area (Å²) in [6, 6.07) is 4.94. The Hall–Kier alpha value is -1.76. The molecule has 1 atom stereocenters. The molecule has 0 fully saturated rings. The summed E-state index contributed by atoms with van der Waals surface area (Å²) in [5.74, 6) is 0.385. The Morgan fingerprint density at radius 2 is 2.00 bits per heavy atom. The maximum atomic E-state index is 11.1. The van der Waals surface area contributed by atoms with Crippen LogP contribution in [0.15, 0.2) is 18.2 Å². The second-order valence-corrected chi connectivity index (χ2v) is 6.15. The number of hydrogen-bond acceptors (Lipinski definition) is 5. The minimum Gasteiger partial charge on any atom is -0.493 e. The van der Waals surface area contributed by atoms with Crippen molar-refractivity contribution in [1.29, 1.82) is 0 Å². The van der Waals surface area contributed by atoms with Gasteiger partial charge in [0.1, 0.15) is 0 Å². The van der Waals surface area contributed by atoms with Crippen molar-refractivity contribution < 1.29 is 22.1 Å². The average Bonchev–Trinajstić information content (AvgIpc) is 2.28. The van der Waals surface area contributed by atoms with E-state index in [9.17, 15) is 13.2 Å². The van der Waals surface area contributed by atoms with E-state index in [1.54, 1.807) is 12.1 Å². The first kappa shape index (κ1) is 16.3. The van der Waals surface area contributed by atoms with E-state index in [1.807, 2.05) is 6.92 Å². The summed E-state index contributed by atoms with van der Waals surface area (Å²) in [7, 11) is -2.16. The molecule has 6 nitrogen and oxygen atoms in total. The van der Waals surface area contributed by atoms with Crippen LogP contribution < -0.4 is 14.2 Å². The Kier molecular flexibility index (Phi) is 5.38. The number of hydrogen-bond donors (Lipinski definition) is 1. The highest BCUT2D eigenvalue weighted by molar-refractivity contribution is 7.86. The van der Waals surface area contributed by atoms with Gasteiger partial charge in [0.05, 0.1) is 13.4 Å². The molecule has 20 heavy (non-hydrogen) atoms. The van der Waals surface area contributed by atoms with E-state index in [0.717, 1.165) is 11.8 Å². The normalized spacial score (nSPS) is 12.6. The fourth-order valence-electron chi connectivity index (χ4n) is 1.82. The molecule has 0 heterocycles. The van der Waals surface area contributed by atoms with Gasteiger partial charge in [0, 0.05) is 13.0 Å². The van der Waals surface area contributed by atoms with Gasteiger partial charge < -0.3 is 14.2 Å². The van der Waals surface area contributed by atoms with Crippen LogP contribution in [-0.4, -0.2) is 33.7 Å².